The van der Waals surface area contributed by atoms with E-state index >= 15 is 0 Å². The molecule has 0 fully saturated rings. The summed E-state index contributed by atoms with van der Waals surface area (Å²) in [6.07, 6.45) is 6.28. The van der Waals surface area contributed by atoms with Crippen LogP contribution in [0, 0.1) is 0 Å². The van der Waals surface area contributed by atoms with Crippen molar-refractivity contribution < 1.29 is 9.21 Å². The molecule has 5 heteroatoms. The molecule has 0 unspecified atom stereocenters. The summed E-state index contributed by atoms with van der Waals surface area (Å²) in [7, 11) is 0. The lowest BCUT2D eigenvalue weighted by atomic mass is 9.96. The summed E-state index contributed by atoms with van der Waals surface area (Å²) in [5, 5.41) is 2.92. The maximum atomic E-state index is 12.1. The van der Waals surface area contributed by atoms with Gasteiger partial charge in [0.2, 0.25) is 0 Å². The molecule has 1 N–H and O–H groups in total. The number of carbonyl (C=O) groups is 1. The molecule has 0 saturated heterocycles. The second-order valence-electron chi connectivity index (χ2n) is 6.54. The minimum absolute atomic E-state index is 0.200. The third-order valence-corrected chi connectivity index (χ3v) is 4.74. The molecule has 132 valence electrons. The first-order valence-corrected chi connectivity index (χ1v) is 8.82. The van der Waals surface area contributed by atoms with Gasteiger partial charge in [0.05, 0.1) is 6.26 Å². The van der Waals surface area contributed by atoms with Gasteiger partial charge in [-0.3, -0.25) is 14.7 Å². The molecule has 3 aromatic rings. The lowest BCUT2D eigenvalue weighted by Gasteiger charge is -2.29. The number of nitrogens with one attached hydrogen (secondary N) is 1. The minimum Gasteiger partial charge on any atom is -0.459 e. The summed E-state index contributed by atoms with van der Waals surface area (Å²) in [5.74, 6) is 0.130. The normalized spacial score (nSPS) is 14.0. The first-order valence-electron chi connectivity index (χ1n) is 8.82. The van der Waals surface area contributed by atoms with Crippen molar-refractivity contribution in [2.45, 2.75) is 26.1 Å². The zero-order chi connectivity index (χ0) is 17.8. The van der Waals surface area contributed by atoms with E-state index in [1.165, 1.54) is 23.0 Å². The van der Waals surface area contributed by atoms with Gasteiger partial charge in [0, 0.05) is 38.6 Å². The average molecular weight is 347 g/mol. The van der Waals surface area contributed by atoms with Crippen LogP contribution in [0.1, 0.15) is 32.8 Å². The second kappa shape index (κ2) is 7.54. The van der Waals surface area contributed by atoms with E-state index in [4.69, 9.17) is 4.42 Å². The Morgan fingerprint density at radius 2 is 2.04 bits per heavy atom. The Kier molecular flexibility index (Phi) is 4.80. The molecule has 4 rings (SSSR count). The second-order valence-corrected chi connectivity index (χ2v) is 6.54. The predicted molar refractivity (Wildman–Crippen MR) is 98.4 cm³/mol. The Morgan fingerprint density at radius 1 is 1.15 bits per heavy atom. The number of fused-ring (bicyclic) bond motifs is 1. The molecule has 26 heavy (non-hydrogen) atoms. The van der Waals surface area contributed by atoms with Crippen LogP contribution in [-0.2, 0) is 26.1 Å². The van der Waals surface area contributed by atoms with Crippen LogP contribution in [0.5, 0.6) is 0 Å². The molecule has 0 spiro atoms. The van der Waals surface area contributed by atoms with Crippen molar-refractivity contribution in [2.75, 3.05) is 6.54 Å². The summed E-state index contributed by atoms with van der Waals surface area (Å²) < 4.78 is 5.13. The quantitative estimate of drug-likeness (QED) is 0.770. The van der Waals surface area contributed by atoms with Gasteiger partial charge in [0.15, 0.2) is 5.76 Å². The molecule has 1 amide bonds. The van der Waals surface area contributed by atoms with Gasteiger partial charge in [-0.15, -0.1) is 0 Å². The Bertz CT molecular complexity index is 876. The third-order valence-electron chi connectivity index (χ3n) is 4.74. The van der Waals surface area contributed by atoms with Crippen molar-refractivity contribution >= 4 is 5.91 Å². The number of pyridine rings is 1. The average Bonchev–Trinajstić information content (AvgIpc) is 3.21. The maximum Gasteiger partial charge on any atom is 0.287 e. The van der Waals surface area contributed by atoms with E-state index in [1.807, 2.05) is 18.5 Å². The van der Waals surface area contributed by atoms with E-state index in [0.29, 0.717) is 12.3 Å². The molecule has 1 aliphatic rings. The Balaban J connectivity index is 1.42. The maximum absolute atomic E-state index is 12.1. The molecule has 5 nitrogen and oxygen atoms in total. The van der Waals surface area contributed by atoms with Crippen LogP contribution in [0.15, 0.2) is 65.5 Å². The van der Waals surface area contributed by atoms with Crippen LogP contribution in [-0.4, -0.2) is 22.3 Å². The largest absolute Gasteiger partial charge is 0.459 e. The van der Waals surface area contributed by atoms with Crippen LogP contribution in [0.3, 0.4) is 0 Å². The third kappa shape index (κ3) is 3.68. The highest BCUT2D eigenvalue weighted by atomic mass is 16.3. The van der Waals surface area contributed by atoms with Crippen molar-refractivity contribution in [3.8, 4) is 0 Å². The molecule has 1 aliphatic heterocycles. The monoisotopic (exact) mass is 347 g/mol. The van der Waals surface area contributed by atoms with Gasteiger partial charge < -0.3 is 9.73 Å². The Hall–Kier alpha value is -2.92. The number of nitrogens with zero attached hydrogens (tertiary/aromatic N) is 2. The van der Waals surface area contributed by atoms with E-state index in [-0.39, 0.29) is 5.91 Å². The highest BCUT2D eigenvalue weighted by molar-refractivity contribution is 5.91. The minimum atomic E-state index is -0.200. The number of carbonyl (C=O) groups excluding carboxylic acids is 1. The van der Waals surface area contributed by atoms with Gasteiger partial charge >= 0.3 is 0 Å². The highest BCUT2D eigenvalue weighted by Gasteiger charge is 2.20. The molecular weight excluding hydrogens is 326 g/mol. The van der Waals surface area contributed by atoms with Crippen molar-refractivity contribution in [2.24, 2.45) is 0 Å². The SMILES string of the molecule is O=C(NCc1cncc2c1CCN(Cc1ccccc1)C2)c1ccco1. The first-order chi connectivity index (χ1) is 12.8. The summed E-state index contributed by atoms with van der Waals surface area (Å²) in [5.41, 5.74) is 4.97. The molecule has 0 radical (unpaired) electrons. The van der Waals surface area contributed by atoms with Crippen LogP contribution >= 0.6 is 0 Å². The number of furan rings is 1. The first kappa shape index (κ1) is 16.5. The molecule has 0 atom stereocenters. The summed E-state index contributed by atoms with van der Waals surface area (Å²) in [6, 6.07) is 13.9. The van der Waals surface area contributed by atoms with Gasteiger partial charge in [-0.25, -0.2) is 0 Å². The Morgan fingerprint density at radius 3 is 2.85 bits per heavy atom. The number of amides is 1. The van der Waals surface area contributed by atoms with Crippen molar-refractivity contribution in [3.05, 3.63) is 89.1 Å². The lowest BCUT2D eigenvalue weighted by molar-refractivity contribution is 0.0923. The van der Waals surface area contributed by atoms with Gasteiger partial charge in [-0.2, -0.15) is 0 Å². The lowest BCUT2D eigenvalue weighted by Crippen LogP contribution is -2.32. The smallest absolute Gasteiger partial charge is 0.287 e. The van der Waals surface area contributed by atoms with Gasteiger partial charge in [-0.1, -0.05) is 30.3 Å². The van der Waals surface area contributed by atoms with Crippen molar-refractivity contribution in [1.82, 2.24) is 15.2 Å². The molecular formula is C21H21N3O2. The zero-order valence-corrected chi connectivity index (χ0v) is 14.5. The standard InChI is InChI=1S/C21H21N3O2/c25-21(20-7-4-10-26-20)23-13-17-11-22-12-18-15-24(9-8-19(17)18)14-16-5-2-1-3-6-16/h1-7,10-12H,8-9,13-15H2,(H,23,25). The number of rotatable bonds is 5. The van der Waals surface area contributed by atoms with E-state index in [0.717, 1.165) is 31.6 Å². The van der Waals surface area contributed by atoms with Gasteiger partial charge in [-0.05, 0) is 40.8 Å². The van der Waals surface area contributed by atoms with Crippen LogP contribution in [0.25, 0.3) is 0 Å². The molecule has 1 aromatic carbocycles. The van der Waals surface area contributed by atoms with Crippen LogP contribution in [0.2, 0.25) is 0 Å². The summed E-state index contributed by atoms with van der Waals surface area (Å²) >= 11 is 0. The molecule has 0 aliphatic carbocycles. The number of aromatic nitrogens is 1. The van der Waals surface area contributed by atoms with Crippen molar-refractivity contribution in [1.29, 1.82) is 0 Å². The highest BCUT2D eigenvalue weighted by Crippen LogP contribution is 2.23. The van der Waals surface area contributed by atoms with E-state index in [9.17, 15) is 4.79 Å². The fourth-order valence-corrected chi connectivity index (χ4v) is 3.43. The zero-order valence-electron chi connectivity index (χ0n) is 14.5. The van der Waals surface area contributed by atoms with Gasteiger partial charge in [0.25, 0.3) is 5.91 Å². The predicted octanol–water partition coefficient (Wildman–Crippen LogP) is 3.16. The fraction of sp³-hybridized carbons (Fsp3) is 0.238. The van der Waals surface area contributed by atoms with Crippen LogP contribution < -0.4 is 5.32 Å². The van der Waals surface area contributed by atoms with Crippen molar-refractivity contribution in [3.63, 3.8) is 0 Å². The number of hydrogen-bond acceptors (Lipinski definition) is 4. The van der Waals surface area contributed by atoms with E-state index < -0.39 is 0 Å². The molecule has 0 saturated carbocycles. The fourth-order valence-electron chi connectivity index (χ4n) is 3.43. The summed E-state index contributed by atoms with van der Waals surface area (Å²) in [4.78, 5) is 18.9. The van der Waals surface area contributed by atoms with E-state index in [2.05, 4.69) is 39.5 Å². The molecule has 0 bridgehead atoms. The Labute approximate surface area is 152 Å². The molecule has 3 heterocycles. The van der Waals surface area contributed by atoms with Crippen LogP contribution in [0.4, 0.5) is 0 Å². The molecule has 2 aromatic heterocycles. The number of benzene rings is 1. The van der Waals surface area contributed by atoms with E-state index in [1.54, 1.807) is 12.1 Å². The number of hydrogen-bond donors (Lipinski definition) is 1. The summed E-state index contributed by atoms with van der Waals surface area (Å²) in [6.45, 7) is 3.30. The van der Waals surface area contributed by atoms with Gasteiger partial charge in [0.1, 0.15) is 0 Å². The topological polar surface area (TPSA) is 58.4 Å².